The molecule has 0 amide bonds. The number of hydrogen-bond acceptors (Lipinski definition) is 3. The quantitative estimate of drug-likeness (QED) is 0.705. The highest BCUT2D eigenvalue weighted by Gasteiger charge is 2.12. The summed E-state index contributed by atoms with van der Waals surface area (Å²) in [4.78, 5) is 2.51. The van der Waals surface area contributed by atoms with E-state index in [9.17, 15) is 0 Å². The second-order valence-corrected chi connectivity index (χ2v) is 6.45. The first kappa shape index (κ1) is 15.0. The molecule has 2 heterocycles. The predicted octanol–water partition coefficient (Wildman–Crippen LogP) is 4.61. The average molecular weight is 316 g/mol. The van der Waals surface area contributed by atoms with E-state index in [1.54, 1.807) is 0 Å². The van der Waals surface area contributed by atoms with E-state index in [1.165, 1.54) is 25.9 Å². The van der Waals surface area contributed by atoms with Crippen molar-refractivity contribution in [3.05, 3.63) is 59.9 Å². The Kier molecular flexibility index (Phi) is 4.06. The smallest absolute Gasteiger partial charge is 0.134 e. The van der Waals surface area contributed by atoms with Crippen molar-refractivity contribution in [2.24, 2.45) is 0 Å². The highest BCUT2D eigenvalue weighted by Crippen LogP contribution is 2.27. The lowest BCUT2D eigenvalue weighted by molar-refractivity contribution is 0.333. The van der Waals surface area contributed by atoms with Gasteiger partial charge in [-0.15, -0.1) is 0 Å². The predicted molar refractivity (Wildman–Crippen MR) is 95.7 cm³/mol. The third-order valence-electron chi connectivity index (χ3n) is 4.79. The highest BCUT2D eigenvalue weighted by atomic mass is 16.3. The van der Waals surface area contributed by atoms with Gasteiger partial charge in [-0.3, -0.25) is 0 Å². The van der Waals surface area contributed by atoms with Crippen LogP contribution in [0.2, 0.25) is 0 Å². The van der Waals surface area contributed by atoms with Crippen molar-refractivity contribution in [1.82, 2.24) is 4.90 Å². The van der Waals surface area contributed by atoms with E-state index in [2.05, 4.69) is 29.2 Å². The summed E-state index contributed by atoms with van der Waals surface area (Å²) in [5.74, 6) is 1.06. The normalized spacial score (nSPS) is 15.0. The van der Waals surface area contributed by atoms with Crippen LogP contribution < -0.4 is 0 Å². The van der Waals surface area contributed by atoms with Gasteiger partial charge >= 0.3 is 0 Å². The van der Waals surface area contributed by atoms with Crippen LogP contribution >= 0.6 is 0 Å². The molecule has 0 unspecified atom stereocenters. The van der Waals surface area contributed by atoms with Gasteiger partial charge in [-0.25, -0.2) is 0 Å². The van der Waals surface area contributed by atoms with Crippen molar-refractivity contribution >= 4 is 11.0 Å². The van der Waals surface area contributed by atoms with Crippen LogP contribution in [-0.2, 0) is 6.42 Å². The molecule has 3 aromatic rings. The molecule has 4 rings (SSSR count). The second-order valence-electron chi connectivity index (χ2n) is 6.45. The third-order valence-corrected chi connectivity index (χ3v) is 4.79. The molecule has 0 radical (unpaired) electrons. The standard InChI is InChI=1S/C21H20N2O/c22-15-16-3-5-17(6-4-16)18-7-8-21-19(13-18)14-20(24-21)9-12-23-10-1-2-11-23/h3-8,13-14H,1-2,9-12H2. The van der Waals surface area contributed by atoms with Crippen molar-refractivity contribution in [3.8, 4) is 17.2 Å². The molecule has 0 atom stereocenters. The number of hydrogen-bond donors (Lipinski definition) is 0. The van der Waals surface area contributed by atoms with Crippen LogP contribution in [0.5, 0.6) is 0 Å². The van der Waals surface area contributed by atoms with Gasteiger partial charge in [-0.1, -0.05) is 18.2 Å². The third kappa shape index (κ3) is 3.06. The molecule has 1 fully saturated rings. The summed E-state index contributed by atoms with van der Waals surface area (Å²) in [6, 6.07) is 18.3. The number of benzene rings is 2. The fourth-order valence-electron chi connectivity index (χ4n) is 3.41. The van der Waals surface area contributed by atoms with Gasteiger partial charge in [-0.05, 0) is 67.4 Å². The van der Waals surface area contributed by atoms with E-state index in [0.717, 1.165) is 40.8 Å². The lowest BCUT2D eigenvalue weighted by atomic mass is 10.0. The van der Waals surface area contributed by atoms with E-state index in [0.29, 0.717) is 5.56 Å². The summed E-state index contributed by atoms with van der Waals surface area (Å²) in [6.07, 6.45) is 3.63. The van der Waals surface area contributed by atoms with Crippen molar-refractivity contribution in [2.75, 3.05) is 19.6 Å². The molecule has 2 aromatic carbocycles. The second kappa shape index (κ2) is 6.51. The summed E-state index contributed by atoms with van der Waals surface area (Å²) < 4.78 is 5.99. The fourth-order valence-corrected chi connectivity index (χ4v) is 3.41. The summed E-state index contributed by atoms with van der Waals surface area (Å²) in [5.41, 5.74) is 3.91. The lowest BCUT2D eigenvalue weighted by Crippen LogP contribution is -2.21. The summed E-state index contributed by atoms with van der Waals surface area (Å²) in [7, 11) is 0. The first-order valence-corrected chi connectivity index (χ1v) is 8.57. The molecule has 0 aliphatic carbocycles. The van der Waals surface area contributed by atoms with Crippen LogP contribution in [0.4, 0.5) is 0 Å². The largest absolute Gasteiger partial charge is 0.461 e. The van der Waals surface area contributed by atoms with E-state index in [4.69, 9.17) is 9.68 Å². The summed E-state index contributed by atoms with van der Waals surface area (Å²) in [6.45, 7) is 3.54. The van der Waals surface area contributed by atoms with Gasteiger partial charge in [-0.2, -0.15) is 5.26 Å². The number of fused-ring (bicyclic) bond motifs is 1. The van der Waals surface area contributed by atoms with Crippen LogP contribution in [-0.4, -0.2) is 24.5 Å². The Balaban J connectivity index is 1.54. The maximum absolute atomic E-state index is 8.91. The van der Waals surface area contributed by atoms with Gasteiger partial charge in [0.2, 0.25) is 0 Å². The van der Waals surface area contributed by atoms with Gasteiger partial charge in [0, 0.05) is 18.4 Å². The molecule has 24 heavy (non-hydrogen) atoms. The Bertz CT molecular complexity index is 880. The Morgan fingerprint density at radius 3 is 2.46 bits per heavy atom. The first-order valence-electron chi connectivity index (χ1n) is 8.57. The van der Waals surface area contributed by atoms with E-state index in [-0.39, 0.29) is 0 Å². The van der Waals surface area contributed by atoms with Gasteiger partial charge < -0.3 is 9.32 Å². The van der Waals surface area contributed by atoms with Crippen molar-refractivity contribution in [1.29, 1.82) is 5.26 Å². The molecule has 1 saturated heterocycles. The number of rotatable bonds is 4. The lowest BCUT2D eigenvalue weighted by Gasteiger charge is -2.12. The number of nitrogens with zero attached hydrogens (tertiary/aromatic N) is 2. The minimum Gasteiger partial charge on any atom is -0.461 e. The topological polar surface area (TPSA) is 40.2 Å². The minimum atomic E-state index is 0.687. The van der Waals surface area contributed by atoms with Gasteiger partial charge in [0.15, 0.2) is 0 Å². The van der Waals surface area contributed by atoms with E-state index >= 15 is 0 Å². The summed E-state index contributed by atoms with van der Waals surface area (Å²) >= 11 is 0. The molecule has 0 bridgehead atoms. The monoisotopic (exact) mass is 316 g/mol. The number of furan rings is 1. The number of likely N-dealkylation sites (tertiary alicyclic amines) is 1. The molecule has 3 heteroatoms. The minimum absolute atomic E-state index is 0.687. The zero-order chi connectivity index (χ0) is 16.4. The molecular formula is C21H20N2O. The van der Waals surface area contributed by atoms with Crippen LogP contribution in [0.3, 0.4) is 0 Å². The zero-order valence-corrected chi connectivity index (χ0v) is 13.7. The van der Waals surface area contributed by atoms with Crippen molar-refractivity contribution < 1.29 is 4.42 Å². The maximum Gasteiger partial charge on any atom is 0.134 e. The molecule has 1 aromatic heterocycles. The van der Waals surface area contributed by atoms with Gasteiger partial charge in [0.25, 0.3) is 0 Å². The van der Waals surface area contributed by atoms with Crippen LogP contribution in [0.25, 0.3) is 22.1 Å². The van der Waals surface area contributed by atoms with Crippen molar-refractivity contribution in [3.63, 3.8) is 0 Å². The van der Waals surface area contributed by atoms with Crippen LogP contribution in [0, 0.1) is 11.3 Å². The van der Waals surface area contributed by atoms with E-state index in [1.807, 2.05) is 30.3 Å². The maximum atomic E-state index is 8.91. The number of nitriles is 1. The average Bonchev–Trinajstić information content (AvgIpc) is 3.28. The van der Waals surface area contributed by atoms with Gasteiger partial charge in [0.05, 0.1) is 11.6 Å². The molecular weight excluding hydrogens is 296 g/mol. The molecule has 3 nitrogen and oxygen atoms in total. The first-order chi connectivity index (χ1) is 11.8. The highest BCUT2D eigenvalue weighted by molar-refractivity contribution is 5.84. The molecule has 0 saturated carbocycles. The molecule has 120 valence electrons. The van der Waals surface area contributed by atoms with Crippen molar-refractivity contribution in [2.45, 2.75) is 19.3 Å². The Morgan fingerprint density at radius 2 is 1.71 bits per heavy atom. The fraction of sp³-hybridized carbons (Fsp3) is 0.286. The molecule has 1 aliphatic heterocycles. The Morgan fingerprint density at radius 1 is 0.958 bits per heavy atom. The SMILES string of the molecule is N#Cc1ccc(-c2ccc3oc(CCN4CCCC4)cc3c2)cc1. The van der Waals surface area contributed by atoms with Crippen LogP contribution in [0.1, 0.15) is 24.2 Å². The molecule has 0 N–H and O–H groups in total. The molecule has 1 aliphatic rings. The summed E-state index contributed by atoms with van der Waals surface area (Å²) in [5, 5.41) is 10.1. The molecule has 0 spiro atoms. The van der Waals surface area contributed by atoms with Gasteiger partial charge in [0.1, 0.15) is 11.3 Å². The van der Waals surface area contributed by atoms with E-state index < -0.39 is 0 Å². The Hall–Kier alpha value is -2.57. The Labute approximate surface area is 142 Å². The zero-order valence-electron chi connectivity index (χ0n) is 13.7. The van der Waals surface area contributed by atoms with Crippen LogP contribution in [0.15, 0.2) is 52.9 Å².